The Bertz CT molecular complexity index is 783. The van der Waals surface area contributed by atoms with Crippen molar-refractivity contribution in [2.24, 2.45) is 5.10 Å². The second-order valence-corrected chi connectivity index (χ2v) is 6.06. The molecule has 2 rings (SSSR count). The summed E-state index contributed by atoms with van der Waals surface area (Å²) in [6.45, 7) is -0.188. The van der Waals surface area contributed by atoms with Gasteiger partial charge in [0.25, 0.3) is 5.91 Å². The Morgan fingerprint density at radius 3 is 2.64 bits per heavy atom. The molecule has 0 radical (unpaired) electrons. The molecule has 2 aromatic rings. The third kappa shape index (κ3) is 5.65. The van der Waals surface area contributed by atoms with Gasteiger partial charge in [-0.05, 0) is 52.3 Å². The molecule has 132 valence electrons. The number of halogens is 2. The number of nitrogens with one attached hydrogen (secondary N) is 1. The molecule has 0 saturated carbocycles. The zero-order valence-electron chi connectivity index (χ0n) is 13.6. The van der Waals surface area contributed by atoms with E-state index in [0.29, 0.717) is 32.3 Å². The van der Waals surface area contributed by atoms with E-state index in [1.54, 1.807) is 50.6 Å². The number of carbonyl (C=O) groups is 1. The van der Waals surface area contributed by atoms with E-state index >= 15 is 0 Å². The molecule has 8 heteroatoms. The quantitative estimate of drug-likeness (QED) is 0.541. The summed E-state index contributed by atoms with van der Waals surface area (Å²) in [7, 11) is 3.12. The minimum Gasteiger partial charge on any atom is -0.497 e. The number of hydrazone groups is 1. The summed E-state index contributed by atoms with van der Waals surface area (Å²) < 4.78 is 16.4. The highest BCUT2D eigenvalue weighted by atomic mass is 79.9. The lowest BCUT2D eigenvalue weighted by Gasteiger charge is -2.08. The molecule has 6 nitrogen and oxygen atoms in total. The molecule has 25 heavy (non-hydrogen) atoms. The summed E-state index contributed by atoms with van der Waals surface area (Å²) in [5.74, 6) is 1.38. The standard InChI is InChI=1S/C17H16BrClN2O4/c1-23-13-4-6-15(24-2)11(7-13)9-20-21-17(22)10-25-16-5-3-12(19)8-14(16)18/h3-9H,10H2,1-2H3,(H,21,22). The van der Waals surface area contributed by atoms with Crippen LogP contribution in [0.25, 0.3) is 0 Å². The van der Waals surface area contributed by atoms with Crippen molar-refractivity contribution >= 4 is 39.7 Å². The van der Waals surface area contributed by atoms with E-state index in [4.69, 9.17) is 25.8 Å². The third-order valence-corrected chi connectivity index (χ3v) is 3.94. The van der Waals surface area contributed by atoms with Gasteiger partial charge in [-0.3, -0.25) is 4.79 Å². The number of amides is 1. The van der Waals surface area contributed by atoms with Gasteiger partial charge in [0.05, 0.1) is 24.9 Å². The van der Waals surface area contributed by atoms with Gasteiger partial charge in [-0.1, -0.05) is 11.6 Å². The Labute approximate surface area is 158 Å². The highest BCUT2D eigenvalue weighted by Crippen LogP contribution is 2.27. The molecular weight excluding hydrogens is 412 g/mol. The fourth-order valence-electron chi connectivity index (χ4n) is 1.88. The van der Waals surface area contributed by atoms with E-state index in [1.165, 1.54) is 6.21 Å². The van der Waals surface area contributed by atoms with E-state index in [9.17, 15) is 4.79 Å². The van der Waals surface area contributed by atoms with Crippen molar-refractivity contribution in [1.82, 2.24) is 5.43 Å². The molecule has 0 fully saturated rings. The van der Waals surface area contributed by atoms with Gasteiger partial charge in [0.15, 0.2) is 6.61 Å². The van der Waals surface area contributed by atoms with Crippen LogP contribution in [0.15, 0.2) is 46.0 Å². The molecule has 0 aliphatic heterocycles. The number of hydrogen-bond acceptors (Lipinski definition) is 5. The molecule has 0 unspecified atom stereocenters. The third-order valence-electron chi connectivity index (χ3n) is 3.08. The van der Waals surface area contributed by atoms with E-state index in [-0.39, 0.29) is 6.61 Å². The predicted molar refractivity (Wildman–Crippen MR) is 99.9 cm³/mol. The Kier molecular flexibility index (Phi) is 7.09. The average molecular weight is 428 g/mol. The van der Waals surface area contributed by atoms with E-state index < -0.39 is 5.91 Å². The molecule has 0 aliphatic carbocycles. The largest absolute Gasteiger partial charge is 0.497 e. The lowest BCUT2D eigenvalue weighted by Crippen LogP contribution is -2.24. The molecular formula is C17H16BrClN2O4. The molecule has 1 amide bonds. The van der Waals surface area contributed by atoms with Crippen LogP contribution in [-0.4, -0.2) is 32.9 Å². The SMILES string of the molecule is COc1ccc(OC)c(C=NNC(=O)COc2ccc(Cl)cc2Br)c1. The fourth-order valence-corrected chi connectivity index (χ4v) is 2.68. The number of methoxy groups -OCH3 is 2. The van der Waals surface area contributed by atoms with Gasteiger partial charge in [0.2, 0.25) is 0 Å². The number of benzene rings is 2. The highest BCUT2D eigenvalue weighted by Gasteiger charge is 2.06. The molecule has 0 atom stereocenters. The summed E-state index contributed by atoms with van der Waals surface area (Å²) >= 11 is 9.16. The van der Waals surface area contributed by atoms with Crippen LogP contribution in [0.1, 0.15) is 5.56 Å². The average Bonchev–Trinajstić information content (AvgIpc) is 2.60. The van der Waals surface area contributed by atoms with Crippen molar-refractivity contribution in [2.75, 3.05) is 20.8 Å². The highest BCUT2D eigenvalue weighted by molar-refractivity contribution is 9.10. The molecule has 0 saturated heterocycles. The fraction of sp³-hybridized carbons (Fsp3) is 0.176. The zero-order chi connectivity index (χ0) is 18.2. The first kappa shape index (κ1) is 19.1. The van der Waals surface area contributed by atoms with Crippen LogP contribution in [0.4, 0.5) is 0 Å². The van der Waals surface area contributed by atoms with Gasteiger partial charge in [0.1, 0.15) is 17.2 Å². The maximum Gasteiger partial charge on any atom is 0.277 e. The summed E-state index contributed by atoms with van der Waals surface area (Å²) in [6, 6.07) is 10.3. The van der Waals surface area contributed by atoms with Crippen molar-refractivity contribution in [3.8, 4) is 17.2 Å². The topological polar surface area (TPSA) is 69.2 Å². The lowest BCUT2D eigenvalue weighted by molar-refractivity contribution is -0.123. The van der Waals surface area contributed by atoms with Crippen LogP contribution in [0.2, 0.25) is 5.02 Å². The van der Waals surface area contributed by atoms with Crippen molar-refractivity contribution < 1.29 is 19.0 Å². The lowest BCUT2D eigenvalue weighted by atomic mass is 10.2. The van der Waals surface area contributed by atoms with Crippen LogP contribution < -0.4 is 19.6 Å². The summed E-state index contributed by atoms with van der Waals surface area (Å²) in [5.41, 5.74) is 3.06. The Morgan fingerprint density at radius 2 is 1.96 bits per heavy atom. The molecule has 0 bridgehead atoms. The zero-order valence-corrected chi connectivity index (χ0v) is 15.9. The second-order valence-electron chi connectivity index (χ2n) is 4.76. The van der Waals surface area contributed by atoms with Gasteiger partial charge >= 0.3 is 0 Å². The van der Waals surface area contributed by atoms with Crippen LogP contribution in [0.5, 0.6) is 17.2 Å². The first-order valence-electron chi connectivity index (χ1n) is 7.15. The Balaban J connectivity index is 1.92. The summed E-state index contributed by atoms with van der Waals surface area (Å²) in [5, 5.41) is 4.47. The number of rotatable bonds is 7. The molecule has 0 aliphatic rings. The van der Waals surface area contributed by atoms with Crippen LogP contribution in [0, 0.1) is 0 Å². The van der Waals surface area contributed by atoms with Gasteiger partial charge in [-0.25, -0.2) is 5.43 Å². The van der Waals surface area contributed by atoms with E-state index in [0.717, 1.165) is 0 Å². The van der Waals surface area contributed by atoms with E-state index in [2.05, 4.69) is 26.5 Å². The van der Waals surface area contributed by atoms with Crippen molar-refractivity contribution in [2.45, 2.75) is 0 Å². The number of carbonyl (C=O) groups excluding carboxylic acids is 1. The number of nitrogens with zero attached hydrogens (tertiary/aromatic N) is 1. The van der Waals surface area contributed by atoms with Crippen molar-refractivity contribution in [3.05, 3.63) is 51.5 Å². The molecule has 0 aromatic heterocycles. The molecule has 0 spiro atoms. The van der Waals surface area contributed by atoms with Gasteiger partial charge < -0.3 is 14.2 Å². The minimum atomic E-state index is -0.403. The first-order valence-corrected chi connectivity index (χ1v) is 8.32. The smallest absolute Gasteiger partial charge is 0.277 e. The van der Waals surface area contributed by atoms with Gasteiger partial charge in [-0.15, -0.1) is 0 Å². The minimum absolute atomic E-state index is 0.188. The van der Waals surface area contributed by atoms with Gasteiger partial charge in [0, 0.05) is 10.6 Å². The molecule has 0 heterocycles. The maximum absolute atomic E-state index is 11.8. The van der Waals surface area contributed by atoms with Crippen molar-refractivity contribution in [1.29, 1.82) is 0 Å². The van der Waals surface area contributed by atoms with Crippen LogP contribution in [0.3, 0.4) is 0 Å². The maximum atomic E-state index is 11.8. The number of ether oxygens (including phenoxy) is 3. The van der Waals surface area contributed by atoms with E-state index in [1.807, 2.05) is 0 Å². The van der Waals surface area contributed by atoms with Crippen LogP contribution >= 0.6 is 27.5 Å². The summed E-state index contributed by atoms with van der Waals surface area (Å²) in [4.78, 5) is 11.8. The van der Waals surface area contributed by atoms with Crippen LogP contribution in [-0.2, 0) is 4.79 Å². The van der Waals surface area contributed by atoms with Crippen molar-refractivity contribution in [3.63, 3.8) is 0 Å². The van der Waals surface area contributed by atoms with Gasteiger partial charge in [-0.2, -0.15) is 5.10 Å². The second kappa shape index (κ2) is 9.29. The first-order chi connectivity index (χ1) is 12.0. The predicted octanol–water partition coefficient (Wildman–Crippen LogP) is 3.65. The molecule has 2 aromatic carbocycles. The number of hydrogen-bond donors (Lipinski definition) is 1. The Morgan fingerprint density at radius 1 is 1.20 bits per heavy atom. The summed E-state index contributed by atoms with van der Waals surface area (Å²) in [6.07, 6.45) is 1.47. The normalized spacial score (nSPS) is 10.6. The Hall–Kier alpha value is -2.25. The monoisotopic (exact) mass is 426 g/mol. The molecule has 1 N–H and O–H groups in total.